The van der Waals surface area contributed by atoms with Crippen molar-refractivity contribution >= 4 is 5.69 Å². The van der Waals surface area contributed by atoms with Crippen molar-refractivity contribution in [2.24, 2.45) is 0 Å². The molecular weight excluding hydrogens is 258 g/mol. The number of rotatable bonds is 4. The molecule has 1 N–H and O–H groups in total. The number of anilines is 1. The SMILES string of the molecule is COc1ccc(C2CC(Nc3ccc(C)cc3C)C2)cc1. The van der Waals surface area contributed by atoms with Gasteiger partial charge in [0.1, 0.15) is 5.75 Å². The van der Waals surface area contributed by atoms with Gasteiger partial charge in [-0.1, -0.05) is 29.8 Å². The first-order valence-corrected chi connectivity index (χ1v) is 7.63. The zero-order valence-corrected chi connectivity index (χ0v) is 13.0. The quantitative estimate of drug-likeness (QED) is 0.879. The average Bonchev–Trinajstić information content (AvgIpc) is 2.44. The van der Waals surface area contributed by atoms with Crippen LogP contribution in [0.3, 0.4) is 0 Å². The molecule has 0 radical (unpaired) electrons. The van der Waals surface area contributed by atoms with Crippen LogP contribution in [-0.4, -0.2) is 13.2 Å². The number of hydrogen-bond acceptors (Lipinski definition) is 2. The Kier molecular flexibility index (Phi) is 3.87. The van der Waals surface area contributed by atoms with Gasteiger partial charge in [0.15, 0.2) is 0 Å². The zero-order chi connectivity index (χ0) is 14.8. The van der Waals surface area contributed by atoms with Crippen LogP contribution >= 0.6 is 0 Å². The maximum absolute atomic E-state index is 5.21. The molecule has 0 spiro atoms. The Hall–Kier alpha value is -1.96. The summed E-state index contributed by atoms with van der Waals surface area (Å²) in [6.07, 6.45) is 2.42. The van der Waals surface area contributed by atoms with Crippen LogP contribution in [0.2, 0.25) is 0 Å². The molecule has 3 rings (SSSR count). The monoisotopic (exact) mass is 281 g/mol. The van der Waals surface area contributed by atoms with Gasteiger partial charge < -0.3 is 10.1 Å². The summed E-state index contributed by atoms with van der Waals surface area (Å²) < 4.78 is 5.21. The summed E-state index contributed by atoms with van der Waals surface area (Å²) in [4.78, 5) is 0. The van der Waals surface area contributed by atoms with Crippen molar-refractivity contribution in [3.63, 3.8) is 0 Å². The van der Waals surface area contributed by atoms with E-state index in [1.807, 2.05) is 0 Å². The van der Waals surface area contributed by atoms with Crippen LogP contribution in [0.5, 0.6) is 5.75 Å². The topological polar surface area (TPSA) is 21.3 Å². The number of hydrogen-bond donors (Lipinski definition) is 1. The lowest BCUT2D eigenvalue weighted by molar-refractivity contribution is 0.373. The largest absolute Gasteiger partial charge is 0.497 e. The molecule has 0 atom stereocenters. The summed E-state index contributed by atoms with van der Waals surface area (Å²) in [7, 11) is 1.71. The van der Waals surface area contributed by atoms with E-state index in [9.17, 15) is 0 Å². The van der Waals surface area contributed by atoms with Crippen molar-refractivity contribution in [1.82, 2.24) is 0 Å². The van der Waals surface area contributed by atoms with Crippen LogP contribution < -0.4 is 10.1 Å². The van der Waals surface area contributed by atoms with Crippen LogP contribution in [0.1, 0.15) is 35.4 Å². The molecule has 2 aromatic rings. The van der Waals surface area contributed by atoms with Gasteiger partial charge in [-0.3, -0.25) is 0 Å². The average molecular weight is 281 g/mol. The molecule has 1 fully saturated rings. The highest BCUT2D eigenvalue weighted by atomic mass is 16.5. The second-order valence-electron chi connectivity index (χ2n) is 6.10. The maximum atomic E-state index is 5.21. The molecule has 1 aliphatic carbocycles. The number of ether oxygens (including phenoxy) is 1. The minimum atomic E-state index is 0.596. The van der Waals surface area contributed by atoms with Crippen molar-refractivity contribution in [2.75, 3.05) is 12.4 Å². The number of methoxy groups -OCH3 is 1. The molecule has 1 saturated carbocycles. The second-order valence-corrected chi connectivity index (χ2v) is 6.10. The summed E-state index contributed by atoms with van der Waals surface area (Å²) >= 11 is 0. The predicted molar refractivity (Wildman–Crippen MR) is 88.3 cm³/mol. The zero-order valence-electron chi connectivity index (χ0n) is 13.0. The normalized spacial score (nSPS) is 20.7. The van der Waals surface area contributed by atoms with Crippen molar-refractivity contribution in [1.29, 1.82) is 0 Å². The first kappa shape index (κ1) is 14.0. The van der Waals surface area contributed by atoms with Crippen molar-refractivity contribution in [2.45, 2.75) is 38.6 Å². The van der Waals surface area contributed by atoms with Crippen molar-refractivity contribution in [3.05, 3.63) is 59.2 Å². The molecular formula is C19H23NO. The summed E-state index contributed by atoms with van der Waals surface area (Å²) in [6, 6.07) is 15.7. The van der Waals surface area contributed by atoms with E-state index in [-0.39, 0.29) is 0 Å². The van der Waals surface area contributed by atoms with E-state index in [1.54, 1.807) is 7.11 Å². The first-order chi connectivity index (χ1) is 10.2. The molecule has 0 saturated heterocycles. The van der Waals surface area contributed by atoms with Gasteiger partial charge >= 0.3 is 0 Å². The maximum Gasteiger partial charge on any atom is 0.118 e. The van der Waals surface area contributed by atoms with Gasteiger partial charge in [0.25, 0.3) is 0 Å². The fraction of sp³-hybridized carbons (Fsp3) is 0.368. The van der Waals surface area contributed by atoms with E-state index >= 15 is 0 Å². The molecule has 110 valence electrons. The highest BCUT2D eigenvalue weighted by Crippen LogP contribution is 2.39. The molecule has 2 heteroatoms. The minimum absolute atomic E-state index is 0.596. The lowest BCUT2D eigenvalue weighted by Gasteiger charge is -2.37. The lowest BCUT2D eigenvalue weighted by atomic mass is 9.75. The Labute approximate surface area is 127 Å². The van der Waals surface area contributed by atoms with Crippen LogP contribution in [-0.2, 0) is 0 Å². The molecule has 0 heterocycles. The number of aryl methyl sites for hydroxylation is 2. The molecule has 0 aliphatic heterocycles. The van der Waals surface area contributed by atoms with E-state index in [4.69, 9.17) is 4.74 Å². The highest BCUT2D eigenvalue weighted by molar-refractivity contribution is 5.53. The Bertz CT molecular complexity index is 612. The van der Waals surface area contributed by atoms with E-state index < -0.39 is 0 Å². The molecule has 1 aliphatic rings. The molecule has 21 heavy (non-hydrogen) atoms. The molecule has 2 nitrogen and oxygen atoms in total. The van der Waals surface area contributed by atoms with Crippen molar-refractivity contribution in [3.8, 4) is 5.75 Å². The summed E-state index contributed by atoms with van der Waals surface area (Å²) in [5.74, 6) is 1.61. The lowest BCUT2D eigenvalue weighted by Crippen LogP contribution is -2.34. The third-order valence-corrected chi connectivity index (χ3v) is 4.47. The Morgan fingerprint density at radius 2 is 1.71 bits per heavy atom. The summed E-state index contributed by atoms with van der Waals surface area (Å²) in [5, 5.41) is 3.67. The Balaban J connectivity index is 1.57. The molecule has 0 bridgehead atoms. The van der Waals surface area contributed by atoms with Gasteiger partial charge in [-0.15, -0.1) is 0 Å². The standard InChI is InChI=1S/C19H23NO/c1-13-4-9-19(14(2)10-13)20-17-11-16(12-17)15-5-7-18(21-3)8-6-15/h4-10,16-17,20H,11-12H2,1-3H3. The smallest absolute Gasteiger partial charge is 0.118 e. The highest BCUT2D eigenvalue weighted by Gasteiger charge is 2.30. The molecule has 0 unspecified atom stereocenters. The minimum Gasteiger partial charge on any atom is -0.497 e. The van der Waals surface area contributed by atoms with Crippen LogP contribution in [0.4, 0.5) is 5.69 Å². The van der Waals surface area contributed by atoms with Crippen LogP contribution in [0.25, 0.3) is 0 Å². The third-order valence-electron chi connectivity index (χ3n) is 4.47. The predicted octanol–water partition coefficient (Wildman–Crippen LogP) is 4.67. The fourth-order valence-electron chi connectivity index (χ4n) is 3.08. The molecule has 2 aromatic carbocycles. The first-order valence-electron chi connectivity index (χ1n) is 7.63. The van der Waals surface area contributed by atoms with E-state index in [0.717, 1.165) is 5.75 Å². The number of benzene rings is 2. The van der Waals surface area contributed by atoms with E-state index in [2.05, 4.69) is 61.6 Å². The third kappa shape index (κ3) is 3.05. The van der Waals surface area contributed by atoms with Crippen LogP contribution in [0, 0.1) is 13.8 Å². The van der Waals surface area contributed by atoms with E-state index in [0.29, 0.717) is 12.0 Å². The summed E-state index contributed by atoms with van der Waals surface area (Å²) in [6.45, 7) is 4.31. The molecule has 0 amide bonds. The fourth-order valence-corrected chi connectivity index (χ4v) is 3.08. The van der Waals surface area contributed by atoms with Gasteiger partial charge in [-0.2, -0.15) is 0 Å². The second kappa shape index (κ2) is 5.80. The van der Waals surface area contributed by atoms with Gasteiger partial charge in [0.05, 0.1) is 7.11 Å². The summed E-state index contributed by atoms with van der Waals surface area (Å²) in [5.41, 5.74) is 5.36. The van der Waals surface area contributed by atoms with Gasteiger partial charge in [-0.25, -0.2) is 0 Å². The Morgan fingerprint density at radius 1 is 1.00 bits per heavy atom. The van der Waals surface area contributed by atoms with Gasteiger partial charge in [-0.05, 0) is 61.9 Å². The van der Waals surface area contributed by atoms with Crippen LogP contribution in [0.15, 0.2) is 42.5 Å². The van der Waals surface area contributed by atoms with Gasteiger partial charge in [0, 0.05) is 11.7 Å². The van der Waals surface area contributed by atoms with Gasteiger partial charge in [0.2, 0.25) is 0 Å². The van der Waals surface area contributed by atoms with E-state index in [1.165, 1.54) is 35.2 Å². The molecule has 0 aromatic heterocycles. The Morgan fingerprint density at radius 3 is 2.33 bits per heavy atom. The van der Waals surface area contributed by atoms with Crippen molar-refractivity contribution < 1.29 is 4.74 Å². The number of nitrogens with one attached hydrogen (secondary N) is 1.